The summed E-state index contributed by atoms with van der Waals surface area (Å²) in [7, 11) is 6.82. The zero-order chi connectivity index (χ0) is 45.2. The number of nitrogens with two attached hydrogens (primary N) is 1. The van der Waals surface area contributed by atoms with Crippen LogP contribution in [0.1, 0.15) is 102 Å². The highest BCUT2D eigenvalue weighted by molar-refractivity contribution is 5.85. The number of fused-ring (bicyclic) bond motifs is 1. The number of Topliss-reactive ketones (excluding diaryl/α,β-unsaturated/α-hetero) is 1. The van der Waals surface area contributed by atoms with E-state index < -0.39 is 114 Å². The van der Waals surface area contributed by atoms with Gasteiger partial charge in [-0.1, -0.05) is 27.7 Å². The van der Waals surface area contributed by atoms with Gasteiger partial charge in [-0.3, -0.25) is 19.3 Å². The number of ether oxygens (including phenoxy) is 9. The standard InChI is InChI=1S/C43H75N3O14/c1-16-30-43(11)35(46(18-17-44)40(51)60-43)24(4)32(48)22(2)20-41(9,52-14)36(59-39-33(49)29(45(12)13)19-23(3)54-39)25(5)34(26(6)38(50)57-30)58-31-21-42(10,53-15)37(27(7)55-31)56-28(8)47/h22-27,29-31,33-37,39,49H,16-21,44H2,1-15H3/t22-,23-,24+,25+,26-,27+,29+,30?,31+,33-,34?,35-,36-,37+,39+,41-,42-,43-/m1/s1. The Labute approximate surface area is 356 Å². The summed E-state index contributed by atoms with van der Waals surface area (Å²) in [6.07, 6.45) is -7.45. The van der Waals surface area contributed by atoms with E-state index in [9.17, 15) is 24.3 Å². The van der Waals surface area contributed by atoms with Crippen molar-refractivity contribution in [3.63, 3.8) is 0 Å². The molecule has 3 N–H and O–H groups in total. The summed E-state index contributed by atoms with van der Waals surface area (Å²) in [5.41, 5.74) is 2.25. The van der Waals surface area contributed by atoms with Crippen LogP contribution in [0.25, 0.3) is 0 Å². The molecule has 0 aromatic heterocycles. The summed E-state index contributed by atoms with van der Waals surface area (Å²) in [4.78, 5) is 58.6. The van der Waals surface area contributed by atoms with Gasteiger partial charge in [0.25, 0.3) is 0 Å². The maximum Gasteiger partial charge on any atom is 0.410 e. The molecule has 1 amide bonds. The number of aliphatic hydroxyl groups excluding tert-OH is 1. The van der Waals surface area contributed by atoms with Crippen LogP contribution in [0.3, 0.4) is 0 Å². The van der Waals surface area contributed by atoms with E-state index in [-0.39, 0.29) is 50.3 Å². The Hall–Kier alpha value is -2.48. The zero-order valence-electron chi connectivity index (χ0n) is 38.6. The molecule has 4 saturated heterocycles. The molecule has 4 fully saturated rings. The first kappa shape index (κ1) is 50.2. The van der Waals surface area contributed by atoms with Crippen molar-refractivity contribution in [3.8, 4) is 0 Å². The number of cyclic esters (lactones) is 1. The largest absolute Gasteiger partial charge is 0.458 e. The van der Waals surface area contributed by atoms with Gasteiger partial charge in [-0.2, -0.15) is 0 Å². The lowest BCUT2D eigenvalue weighted by molar-refractivity contribution is -0.320. The highest BCUT2D eigenvalue weighted by Crippen LogP contribution is 2.45. The second-order valence-electron chi connectivity index (χ2n) is 18.5. The summed E-state index contributed by atoms with van der Waals surface area (Å²) in [6, 6.07) is -1.12. The lowest BCUT2D eigenvalue weighted by Gasteiger charge is -2.50. The van der Waals surface area contributed by atoms with Gasteiger partial charge in [0.1, 0.15) is 23.6 Å². The predicted molar refractivity (Wildman–Crippen MR) is 218 cm³/mol. The minimum Gasteiger partial charge on any atom is -0.458 e. The molecule has 18 atom stereocenters. The number of amides is 1. The Bertz CT molecular complexity index is 1500. The normalized spacial score (nSPS) is 44.8. The molecule has 2 unspecified atom stereocenters. The number of ketones is 1. The topological polar surface area (TPSA) is 204 Å². The van der Waals surface area contributed by atoms with Gasteiger partial charge in [-0.05, 0) is 74.9 Å². The fourth-order valence-corrected chi connectivity index (χ4v) is 10.4. The first-order valence-corrected chi connectivity index (χ1v) is 21.6. The van der Waals surface area contributed by atoms with Crippen LogP contribution < -0.4 is 5.73 Å². The second-order valence-corrected chi connectivity index (χ2v) is 18.5. The highest BCUT2D eigenvalue weighted by Gasteiger charge is 2.61. The Morgan fingerprint density at radius 2 is 1.55 bits per heavy atom. The van der Waals surface area contributed by atoms with Crippen molar-refractivity contribution in [1.82, 2.24) is 9.80 Å². The number of carbonyl (C=O) groups is 4. The van der Waals surface area contributed by atoms with Crippen molar-refractivity contribution in [1.29, 1.82) is 0 Å². The first-order chi connectivity index (χ1) is 27.9. The number of esters is 2. The van der Waals surface area contributed by atoms with Gasteiger partial charge in [-0.15, -0.1) is 0 Å². The van der Waals surface area contributed by atoms with E-state index in [4.69, 9.17) is 48.4 Å². The molecule has 4 heterocycles. The molecular weight excluding hydrogens is 782 g/mol. The van der Waals surface area contributed by atoms with Crippen LogP contribution in [-0.2, 0) is 57.0 Å². The van der Waals surface area contributed by atoms with Gasteiger partial charge in [-0.25, -0.2) is 4.79 Å². The quantitative estimate of drug-likeness (QED) is 0.226. The molecule has 17 nitrogen and oxygen atoms in total. The SMILES string of the molecule is CCC1OC(=O)[C@H](C)C(O[C@H]2C[C@@](C)(OC)[C@@H](OC(C)=O)[C@H](C)O2)[C@H](C)[C@@H](O[C@@H]2O[C@H](C)C[C@H](N(C)C)[C@H]2O)[C@](C)(OC)C[C@@H](C)C(=O)[C@H](C)[C@H]2N(CCN)C(=O)O[C@]12C. The Balaban J connectivity index is 1.90. The minimum absolute atomic E-state index is 0.115. The third-order valence-electron chi connectivity index (χ3n) is 13.7. The summed E-state index contributed by atoms with van der Waals surface area (Å²) < 4.78 is 57.0. The van der Waals surface area contributed by atoms with E-state index in [0.29, 0.717) is 6.42 Å². The molecule has 346 valence electrons. The molecule has 0 saturated carbocycles. The number of methoxy groups -OCH3 is 2. The Morgan fingerprint density at radius 1 is 0.933 bits per heavy atom. The van der Waals surface area contributed by atoms with Gasteiger partial charge in [0.05, 0.1) is 42.0 Å². The molecule has 0 radical (unpaired) electrons. The molecule has 0 bridgehead atoms. The van der Waals surface area contributed by atoms with E-state index in [0.717, 1.165) is 0 Å². The highest BCUT2D eigenvalue weighted by atomic mass is 16.7. The molecule has 0 aromatic carbocycles. The summed E-state index contributed by atoms with van der Waals surface area (Å²) in [6.45, 7) is 19.6. The molecule has 4 aliphatic heterocycles. The fourth-order valence-electron chi connectivity index (χ4n) is 10.4. The van der Waals surface area contributed by atoms with Gasteiger partial charge in [0.15, 0.2) is 24.3 Å². The van der Waals surface area contributed by atoms with Crippen LogP contribution in [0.15, 0.2) is 0 Å². The second kappa shape index (κ2) is 19.9. The lowest BCUT2D eigenvalue weighted by Crippen LogP contribution is -2.62. The van der Waals surface area contributed by atoms with Crippen molar-refractivity contribution in [3.05, 3.63) is 0 Å². The molecule has 4 aliphatic rings. The maximum absolute atomic E-state index is 14.7. The number of rotatable bonds is 11. The first-order valence-electron chi connectivity index (χ1n) is 21.6. The van der Waals surface area contributed by atoms with Gasteiger partial charge < -0.3 is 58.4 Å². The van der Waals surface area contributed by atoms with Crippen LogP contribution in [0.2, 0.25) is 0 Å². The third kappa shape index (κ3) is 10.1. The maximum atomic E-state index is 14.7. The van der Waals surface area contributed by atoms with Crippen LogP contribution in [0.4, 0.5) is 4.79 Å². The summed E-state index contributed by atoms with van der Waals surface area (Å²) in [5, 5.41) is 11.7. The molecule has 0 aromatic rings. The number of likely N-dealkylation sites (N-methyl/N-ethyl adjacent to an activating group) is 1. The summed E-state index contributed by atoms with van der Waals surface area (Å²) >= 11 is 0. The van der Waals surface area contributed by atoms with Crippen molar-refractivity contribution in [2.75, 3.05) is 41.4 Å². The fraction of sp³-hybridized carbons (Fsp3) is 0.907. The van der Waals surface area contributed by atoms with Crippen LogP contribution in [-0.4, -0.2) is 164 Å². The monoisotopic (exact) mass is 858 g/mol. The molecule has 0 spiro atoms. The smallest absolute Gasteiger partial charge is 0.410 e. The van der Waals surface area contributed by atoms with E-state index in [1.165, 1.54) is 26.0 Å². The van der Waals surface area contributed by atoms with Crippen molar-refractivity contribution < 1.29 is 66.9 Å². The number of carbonyl (C=O) groups excluding carboxylic acids is 4. The number of nitrogens with zero attached hydrogens (tertiary/aromatic N) is 2. The Kier molecular flexibility index (Phi) is 16.7. The van der Waals surface area contributed by atoms with Gasteiger partial charge in [0.2, 0.25) is 0 Å². The van der Waals surface area contributed by atoms with E-state index in [1.807, 2.05) is 60.5 Å². The average molecular weight is 858 g/mol. The predicted octanol–water partition coefficient (Wildman–Crippen LogP) is 3.44. The number of hydrogen-bond acceptors (Lipinski definition) is 16. The molecule has 60 heavy (non-hydrogen) atoms. The minimum atomic E-state index is -1.42. The zero-order valence-corrected chi connectivity index (χ0v) is 38.6. The molecular formula is C43H75N3O14. The molecule has 0 aliphatic carbocycles. The van der Waals surface area contributed by atoms with Gasteiger partial charge >= 0.3 is 18.0 Å². The molecule has 4 rings (SSSR count). The van der Waals surface area contributed by atoms with Crippen LogP contribution >= 0.6 is 0 Å². The van der Waals surface area contributed by atoms with E-state index in [2.05, 4.69) is 0 Å². The average Bonchev–Trinajstić information content (AvgIpc) is 3.44. The van der Waals surface area contributed by atoms with Gasteiger partial charge in [0, 0.05) is 64.4 Å². The van der Waals surface area contributed by atoms with Crippen LogP contribution in [0.5, 0.6) is 0 Å². The van der Waals surface area contributed by atoms with E-state index >= 15 is 0 Å². The third-order valence-corrected chi connectivity index (χ3v) is 13.7. The molecule has 17 heteroatoms. The van der Waals surface area contributed by atoms with Crippen molar-refractivity contribution in [2.24, 2.45) is 29.4 Å². The van der Waals surface area contributed by atoms with Crippen molar-refractivity contribution >= 4 is 23.8 Å². The lowest BCUT2D eigenvalue weighted by atomic mass is 9.73. The van der Waals surface area contributed by atoms with Crippen LogP contribution in [0, 0.1) is 23.7 Å². The number of hydrogen-bond donors (Lipinski definition) is 2. The summed E-state index contributed by atoms with van der Waals surface area (Å²) in [5.74, 6) is -4.48. The Morgan fingerprint density at radius 3 is 2.10 bits per heavy atom. The van der Waals surface area contributed by atoms with E-state index in [1.54, 1.807) is 27.7 Å². The number of aliphatic hydroxyl groups is 1. The van der Waals surface area contributed by atoms with Crippen molar-refractivity contribution in [2.45, 2.75) is 186 Å².